The van der Waals surface area contributed by atoms with E-state index in [2.05, 4.69) is 17.2 Å². The summed E-state index contributed by atoms with van der Waals surface area (Å²) >= 11 is 0. The maximum absolute atomic E-state index is 11.5. The summed E-state index contributed by atoms with van der Waals surface area (Å²) < 4.78 is 0. The molecular formula is C12H15N3O3. The highest BCUT2D eigenvalue weighted by molar-refractivity contribution is 5.93. The summed E-state index contributed by atoms with van der Waals surface area (Å²) in [7, 11) is 0. The molecule has 0 aliphatic rings. The fourth-order valence-corrected chi connectivity index (χ4v) is 1.34. The van der Waals surface area contributed by atoms with E-state index >= 15 is 0 Å². The van der Waals surface area contributed by atoms with Crippen LogP contribution in [-0.4, -0.2) is 23.9 Å². The van der Waals surface area contributed by atoms with Crippen LogP contribution in [0.5, 0.6) is 0 Å². The summed E-state index contributed by atoms with van der Waals surface area (Å²) in [5.74, 6) is -0.250. The number of non-ortho nitro benzene ring substituents is 1. The molecule has 0 fully saturated rings. The molecule has 1 aromatic rings. The van der Waals surface area contributed by atoms with Crippen molar-refractivity contribution in [2.75, 3.05) is 18.4 Å². The van der Waals surface area contributed by atoms with Crippen LogP contribution in [0, 0.1) is 17.0 Å². The van der Waals surface area contributed by atoms with Gasteiger partial charge in [-0.15, -0.1) is 6.58 Å². The van der Waals surface area contributed by atoms with Crippen molar-refractivity contribution in [3.63, 3.8) is 0 Å². The molecule has 0 unspecified atom stereocenters. The van der Waals surface area contributed by atoms with Crippen molar-refractivity contribution in [1.82, 2.24) is 5.32 Å². The smallest absolute Gasteiger partial charge is 0.271 e. The Morgan fingerprint density at radius 2 is 2.28 bits per heavy atom. The lowest BCUT2D eigenvalue weighted by atomic mass is 10.2. The zero-order valence-electron chi connectivity index (χ0n) is 10.1. The Labute approximate surface area is 105 Å². The summed E-state index contributed by atoms with van der Waals surface area (Å²) in [6.07, 6.45) is 1.64. The zero-order chi connectivity index (χ0) is 13.5. The first-order valence-corrected chi connectivity index (χ1v) is 5.41. The third-order valence-corrected chi connectivity index (χ3v) is 2.28. The molecule has 0 saturated carbocycles. The minimum atomic E-state index is -0.495. The summed E-state index contributed by atoms with van der Waals surface area (Å²) in [5.41, 5.74) is 1.18. The lowest BCUT2D eigenvalue weighted by Crippen LogP contribution is -2.28. The van der Waals surface area contributed by atoms with E-state index in [1.807, 2.05) is 0 Å². The van der Waals surface area contributed by atoms with Crippen molar-refractivity contribution < 1.29 is 9.72 Å². The molecule has 0 atom stereocenters. The van der Waals surface area contributed by atoms with Gasteiger partial charge in [-0.2, -0.15) is 0 Å². The molecule has 1 amide bonds. The molecule has 0 radical (unpaired) electrons. The SMILES string of the molecule is C=CCNCC(=O)Nc1cc([N+](=O)[O-])ccc1C. The molecule has 6 nitrogen and oxygen atoms in total. The van der Waals surface area contributed by atoms with Crippen LogP contribution in [0.15, 0.2) is 30.9 Å². The van der Waals surface area contributed by atoms with Crippen molar-refractivity contribution in [1.29, 1.82) is 0 Å². The minimum Gasteiger partial charge on any atom is -0.324 e. The second-order valence-electron chi connectivity index (χ2n) is 3.72. The molecule has 6 heteroatoms. The molecule has 0 aromatic heterocycles. The fourth-order valence-electron chi connectivity index (χ4n) is 1.34. The molecule has 0 spiro atoms. The quantitative estimate of drug-likeness (QED) is 0.347. The molecule has 96 valence electrons. The average molecular weight is 249 g/mol. The van der Waals surface area contributed by atoms with Crippen LogP contribution in [0.25, 0.3) is 0 Å². The number of benzene rings is 1. The van der Waals surface area contributed by atoms with Crippen molar-refractivity contribution in [3.05, 3.63) is 46.5 Å². The highest BCUT2D eigenvalue weighted by Crippen LogP contribution is 2.21. The molecule has 0 saturated heterocycles. The van der Waals surface area contributed by atoms with E-state index in [0.717, 1.165) is 5.56 Å². The number of nitrogens with zero attached hydrogens (tertiary/aromatic N) is 1. The zero-order valence-corrected chi connectivity index (χ0v) is 10.1. The van der Waals surface area contributed by atoms with Gasteiger partial charge in [0.25, 0.3) is 5.69 Å². The van der Waals surface area contributed by atoms with Crippen LogP contribution in [0.3, 0.4) is 0 Å². The molecule has 0 bridgehead atoms. The van der Waals surface area contributed by atoms with E-state index in [-0.39, 0.29) is 18.1 Å². The second-order valence-corrected chi connectivity index (χ2v) is 3.72. The second kappa shape index (κ2) is 6.51. The molecular weight excluding hydrogens is 234 g/mol. The predicted molar refractivity (Wildman–Crippen MR) is 69.5 cm³/mol. The number of amides is 1. The number of rotatable bonds is 6. The first kappa shape index (κ1) is 13.9. The number of anilines is 1. The number of carbonyl (C=O) groups is 1. The monoisotopic (exact) mass is 249 g/mol. The van der Waals surface area contributed by atoms with E-state index in [1.54, 1.807) is 19.1 Å². The Morgan fingerprint density at radius 3 is 2.89 bits per heavy atom. The number of hydrogen-bond acceptors (Lipinski definition) is 4. The Kier molecular flexibility index (Phi) is 5.01. The Bertz CT molecular complexity index is 472. The predicted octanol–water partition coefficient (Wildman–Crippen LogP) is 1.62. The van der Waals surface area contributed by atoms with Crippen LogP contribution in [-0.2, 0) is 4.79 Å². The number of nitrogens with one attached hydrogen (secondary N) is 2. The van der Waals surface area contributed by atoms with E-state index in [0.29, 0.717) is 12.2 Å². The minimum absolute atomic E-state index is 0.0463. The van der Waals surface area contributed by atoms with Crippen molar-refractivity contribution >= 4 is 17.3 Å². The van der Waals surface area contributed by atoms with Crippen LogP contribution >= 0.6 is 0 Å². The standard InChI is InChI=1S/C12H15N3O3/c1-3-6-13-8-12(16)14-11-7-10(15(17)18)5-4-9(11)2/h3-5,7,13H,1,6,8H2,2H3,(H,14,16). The Balaban J connectivity index is 2.71. The third kappa shape index (κ3) is 3.99. The molecule has 0 heterocycles. The largest absolute Gasteiger partial charge is 0.324 e. The van der Waals surface area contributed by atoms with Crippen molar-refractivity contribution in [3.8, 4) is 0 Å². The molecule has 0 aliphatic carbocycles. The molecule has 18 heavy (non-hydrogen) atoms. The molecule has 2 N–H and O–H groups in total. The summed E-state index contributed by atoms with van der Waals surface area (Å²) in [4.78, 5) is 21.7. The van der Waals surface area contributed by atoms with Gasteiger partial charge in [-0.3, -0.25) is 14.9 Å². The summed E-state index contributed by atoms with van der Waals surface area (Å²) in [5, 5.41) is 16.1. The number of hydrogen-bond donors (Lipinski definition) is 2. The summed E-state index contributed by atoms with van der Waals surface area (Å²) in [6.45, 7) is 5.95. The number of aryl methyl sites for hydroxylation is 1. The van der Waals surface area contributed by atoms with E-state index in [1.165, 1.54) is 12.1 Å². The molecule has 1 rings (SSSR count). The molecule has 1 aromatic carbocycles. The Morgan fingerprint density at radius 1 is 1.56 bits per heavy atom. The van der Waals surface area contributed by atoms with Crippen LogP contribution in [0.2, 0.25) is 0 Å². The number of nitro benzene ring substituents is 1. The van der Waals surface area contributed by atoms with Crippen LogP contribution in [0.4, 0.5) is 11.4 Å². The van der Waals surface area contributed by atoms with Gasteiger partial charge in [-0.05, 0) is 12.5 Å². The topological polar surface area (TPSA) is 84.3 Å². The fraction of sp³-hybridized carbons (Fsp3) is 0.250. The van der Waals surface area contributed by atoms with Crippen LogP contribution < -0.4 is 10.6 Å². The normalized spacial score (nSPS) is 9.83. The van der Waals surface area contributed by atoms with Crippen molar-refractivity contribution in [2.45, 2.75) is 6.92 Å². The number of nitro groups is 1. The number of carbonyl (C=O) groups excluding carboxylic acids is 1. The van der Waals surface area contributed by atoms with Crippen LogP contribution in [0.1, 0.15) is 5.56 Å². The highest BCUT2D eigenvalue weighted by Gasteiger charge is 2.10. The summed E-state index contributed by atoms with van der Waals surface area (Å²) in [6, 6.07) is 4.35. The van der Waals surface area contributed by atoms with E-state index in [4.69, 9.17) is 0 Å². The lowest BCUT2D eigenvalue weighted by Gasteiger charge is -2.08. The van der Waals surface area contributed by atoms with Gasteiger partial charge in [0.1, 0.15) is 0 Å². The van der Waals surface area contributed by atoms with Crippen molar-refractivity contribution in [2.24, 2.45) is 0 Å². The van der Waals surface area contributed by atoms with Gasteiger partial charge in [0.15, 0.2) is 0 Å². The van der Waals surface area contributed by atoms with Gasteiger partial charge < -0.3 is 10.6 Å². The maximum atomic E-state index is 11.5. The maximum Gasteiger partial charge on any atom is 0.271 e. The average Bonchev–Trinajstić information content (AvgIpc) is 2.32. The van der Waals surface area contributed by atoms with Gasteiger partial charge in [-0.25, -0.2) is 0 Å². The first-order valence-electron chi connectivity index (χ1n) is 5.41. The van der Waals surface area contributed by atoms with E-state index in [9.17, 15) is 14.9 Å². The van der Waals surface area contributed by atoms with Gasteiger partial charge in [-0.1, -0.05) is 12.1 Å². The van der Waals surface area contributed by atoms with Gasteiger partial charge in [0.05, 0.1) is 17.2 Å². The third-order valence-electron chi connectivity index (χ3n) is 2.28. The lowest BCUT2D eigenvalue weighted by molar-refractivity contribution is -0.384. The van der Waals surface area contributed by atoms with Gasteiger partial charge in [0.2, 0.25) is 5.91 Å². The van der Waals surface area contributed by atoms with E-state index < -0.39 is 4.92 Å². The first-order chi connectivity index (χ1) is 8.54. The van der Waals surface area contributed by atoms with Gasteiger partial charge >= 0.3 is 0 Å². The molecule has 0 aliphatic heterocycles. The highest BCUT2D eigenvalue weighted by atomic mass is 16.6. The Hall–Kier alpha value is -2.21. The van der Waals surface area contributed by atoms with Gasteiger partial charge in [0, 0.05) is 18.7 Å².